The summed E-state index contributed by atoms with van der Waals surface area (Å²) < 4.78 is 12.9. The highest BCUT2D eigenvalue weighted by atomic mass is 16.6. The number of aromatic hydroxyl groups is 1. The maximum Gasteiger partial charge on any atom is 0.272 e. The smallest absolute Gasteiger partial charge is 0.272 e. The molecule has 0 saturated carbocycles. The van der Waals surface area contributed by atoms with Crippen molar-refractivity contribution in [2.75, 3.05) is 26.7 Å². The fourth-order valence-electron chi connectivity index (χ4n) is 6.73. The van der Waals surface area contributed by atoms with Gasteiger partial charge in [-0.25, -0.2) is 4.98 Å². The summed E-state index contributed by atoms with van der Waals surface area (Å²) in [6.07, 6.45) is 5.65. The number of hydrogen-bond donors (Lipinski definition) is 1. The molecule has 1 amide bonds. The van der Waals surface area contributed by atoms with E-state index in [0.29, 0.717) is 42.4 Å². The van der Waals surface area contributed by atoms with Gasteiger partial charge in [-0.1, -0.05) is 18.2 Å². The van der Waals surface area contributed by atoms with Gasteiger partial charge in [0.2, 0.25) is 5.88 Å². The number of hydrogen-bond acceptors (Lipinski definition) is 6. The predicted molar refractivity (Wildman–Crippen MR) is 127 cm³/mol. The largest absolute Gasteiger partial charge is 0.504 e. The molecule has 1 saturated heterocycles. The average Bonchev–Trinajstić information content (AvgIpc) is 3.20. The van der Waals surface area contributed by atoms with Gasteiger partial charge in [0.15, 0.2) is 17.6 Å². The Morgan fingerprint density at radius 2 is 2.09 bits per heavy atom. The van der Waals surface area contributed by atoms with E-state index in [1.807, 2.05) is 19.9 Å². The molecule has 2 aliphatic carbocycles. The van der Waals surface area contributed by atoms with Gasteiger partial charge in [0, 0.05) is 42.1 Å². The van der Waals surface area contributed by atoms with Crippen molar-refractivity contribution < 1.29 is 19.4 Å². The molecule has 34 heavy (non-hydrogen) atoms. The lowest BCUT2D eigenvalue weighted by atomic mass is 9.53. The molecule has 4 aliphatic rings. The molecule has 1 aromatic heterocycles. The van der Waals surface area contributed by atoms with Crippen molar-refractivity contribution in [1.29, 1.82) is 0 Å². The van der Waals surface area contributed by atoms with Crippen LogP contribution in [0.5, 0.6) is 17.4 Å². The monoisotopic (exact) mass is 461 g/mol. The van der Waals surface area contributed by atoms with Crippen LogP contribution in [0.3, 0.4) is 0 Å². The lowest BCUT2D eigenvalue weighted by Gasteiger charge is -2.56. The van der Waals surface area contributed by atoms with E-state index in [1.165, 1.54) is 11.1 Å². The minimum Gasteiger partial charge on any atom is -0.504 e. The molecule has 7 heteroatoms. The Kier molecular flexibility index (Phi) is 4.88. The zero-order valence-electron chi connectivity index (χ0n) is 19.9. The van der Waals surface area contributed by atoms with E-state index >= 15 is 0 Å². The van der Waals surface area contributed by atoms with Crippen molar-refractivity contribution in [1.82, 2.24) is 14.8 Å². The number of carbonyl (C=O) groups excluding carboxylic acids is 1. The van der Waals surface area contributed by atoms with Gasteiger partial charge in [-0.3, -0.25) is 4.79 Å². The molecule has 1 N–H and O–H groups in total. The first-order chi connectivity index (χ1) is 16.5. The molecule has 6 rings (SSSR count). The van der Waals surface area contributed by atoms with Gasteiger partial charge in [-0.15, -0.1) is 0 Å². The van der Waals surface area contributed by atoms with E-state index < -0.39 is 0 Å². The topological polar surface area (TPSA) is 75.1 Å². The first-order valence-electron chi connectivity index (χ1n) is 12.3. The third-order valence-electron chi connectivity index (χ3n) is 8.38. The minimum absolute atomic E-state index is 0.0992. The number of nitrogens with zero attached hydrogens (tertiary/aromatic N) is 3. The number of benzene rings is 1. The normalized spacial score (nSPS) is 30.4. The van der Waals surface area contributed by atoms with Crippen LogP contribution in [0, 0.1) is 5.92 Å². The lowest BCUT2D eigenvalue weighted by Crippen LogP contribution is -2.65. The lowest BCUT2D eigenvalue weighted by molar-refractivity contribution is -0.0392. The van der Waals surface area contributed by atoms with E-state index in [4.69, 9.17) is 9.47 Å². The molecule has 2 aromatic rings. The quantitative estimate of drug-likeness (QED) is 0.690. The molecule has 1 spiro atoms. The van der Waals surface area contributed by atoms with Gasteiger partial charge < -0.3 is 24.4 Å². The number of ether oxygens (including phenoxy) is 2. The highest BCUT2D eigenvalue weighted by Gasteiger charge is 2.64. The van der Waals surface area contributed by atoms with Crippen LogP contribution in [-0.2, 0) is 11.8 Å². The second-order valence-electron chi connectivity index (χ2n) is 9.86. The minimum atomic E-state index is -0.371. The number of amides is 1. The number of phenolic OH excluding ortho intramolecular Hbond substituents is 1. The third-order valence-corrected chi connectivity index (χ3v) is 8.38. The molecule has 0 unspecified atom stereocenters. The predicted octanol–water partition coefficient (Wildman–Crippen LogP) is 3.16. The molecular formula is C27H31N3O4. The van der Waals surface area contributed by atoms with E-state index in [1.54, 1.807) is 23.1 Å². The van der Waals surface area contributed by atoms with Crippen LogP contribution in [0.25, 0.3) is 0 Å². The molecule has 5 atom stereocenters. The third kappa shape index (κ3) is 2.86. The Hall–Kier alpha value is -3.06. The number of pyridine rings is 1. The standard InChI is InChI=1S/C27H31N3O4/c1-4-30(5-2)26(32)18-7-6-8-22(28-18)33-21-12-10-17-19-15-16-9-11-20(31)24-23(16)27(17,25(21)34-24)13-14-29(19)3/h6-12,17,19,21,25,31H,4-5,13-15H2,1-3H3/t17-,19+,21-,25-,27-/m0/s1. The number of likely N-dealkylation sites (N-methyl/N-ethyl adjacent to an activating group) is 1. The number of carbonyl (C=O) groups is 1. The van der Waals surface area contributed by atoms with Gasteiger partial charge in [-0.2, -0.15) is 0 Å². The summed E-state index contributed by atoms with van der Waals surface area (Å²) in [7, 11) is 2.20. The summed E-state index contributed by atoms with van der Waals surface area (Å²) in [6.45, 7) is 6.16. The molecule has 1 fully saturated rings. The van der Waals surface area contributed by atoms with Crippen molar-refractivity contribution >= 4 is 5.91 Å². The van der Waals surface area contributed by atoms with Crippen molar-refractivity contribution in [3.05, 3.63) is 59.3 Å². The van der Waals surface area contributed by atoms with Crippen molar-refractivity contribution in [2.45, 2.75) is 50.4 Å². The molecule has 7 nitrogen and oxygen atoms in total. The molecule has 178 valence electrons. The number of piperidine rings is 1. The zero-order chi connectivity index (χ0) is 23.6. The Morgan fingerprint density at radius 3 is 2.88 bits per heavy atom. The van der Waals surface area contributed by atoms with Crippen LogP contribution in [0.1, 0.15) is 41.9 Å². The van der Waals surface area contributed by atoms with Gasteiger partial charge in [0.1, 0.15) is 11.8 Å². The van der Waals surface area contributed by atoms with Gasteiger partial charge in [0.25, 0.3) is 5.91 Å². The van der Waals surface area contributed by atoms with Crippen LogP contribution >= 0.6 is 0 Å². The SMILES string of the molecule is CCN(CC)C(=O)c1cccc(O[C@H]2C=C[C@H]3[C@H]4Cc5ccc(O)c6c5[C@@]3(CCN4C)[C@H]2O6)n1. The van der Waals surface area contributed by atoms with Crippen LogP contribution < -0.4 is 9.47 Å². The zero-order valence-corrected chi connectivity index (χ0v) is 19.9. The van der Waals surface area contributed by atoms with Gasteiger partial charge >= 0.3 is 0 Å². The summed E-state index contributed by atoms with van der Waals surface area (Å²) in [5.74, 6) is 1.42. The molecule has 2 bridgehead atoms. The van der Waals surface area contributed by atoms with Gasteiger partial charge in [-0.05, 0) is 64.1 Å². The van der Waals surface area contributed by atoms with E-state index in [-0.39, 0.29) is 29.3 Å². The van der Waals surface area contributed by atoms with Crippen LogP contribution in [-0.4, -0.2) is 70.7 Å². The fraction of sp³-hybridized carbons (Fsp3) is 0.481. The summed E-state index contributed by atoms with van der Waals surface area (Å²) in [5.41, 5.74) is 2.59. The fourth-order valence-corrected chi connectivity index (χ4v) is 6.73. The number of phenols is 1. The first kappa shape index (κ1) is 21.5. The number of aromatic nitrogens is 1. The molecule has 0 radical (unpaired) electrons. The highest BCUT2D eigenvalue weighted by Crippen LogP contribution is 2.62. The van der Waals surface area contributed by atoms with E-state index in [0.717, 1.165) is 19.4 Å². The molecule has 1 aromatic carbocycles. The molecule has 2 aliphatic heterocycles. The maximum atomic E-state index is 12.8. The Labute approximate surface area is 200 Å². The molecule has 3 heterocycles. The van der Waals surface area contributed by atoms with Crippen molar-refractivity contribution in [2.24, 2.45) is 5.92 Å². The summed E-state index contributed by atoms with van der Waals surface area (Å²) in [4.78, 5) is 21.6. The van der Waals surface area contributed by atoms with Crippen LogP contribution in [0.2, 0.25) is 0 Å². The average molecular weight is 462 g/mol. The summed E-state index contributed by atoms with van der Waals surface area (Å²) in [6, 6.07) is 9.54. The van der Waals surface area contributed by atoms with Crippen LogP contribution in [0.15, 0.2) is 42.5 Å². The van der Waals surface area contributed by atoms with Crippen molar-refractivity contribution in [3.63, 3.8) is 0 Å². The second-order valence-corrected chi connectivity index (χ2v) is 9.86. The summed E-state index contributed by atoms with van der Waals surface area (Å²) in [5, 5.41) is 10.7. The van der Waals surface area contributed by atoms with Crippen LogP contribution in [0.4, 0.5) is 0 Å². The summed E-state index contributed by atoms with van der Waals surface area (Å²) >= 11 is 0. The molecular weight excluding hydrogens is 430 g/mol. The van der Waals surface area contributed by atoms with Crippen molar-refractivity contribution in [3.8, 4) is 17.4 Å². The maximum absolute atomic E-state index is 12.8. The highest BCUT2D eigenvalue weighted by molar-refractivity contribution is 5.92. The Bertz CT molecular complexity index is 1180. The Balaban J connectivity index is 1.37. The number of rotatable bonds is 5. The number of likely N-dealkylation sites (tertiary alicyclic amines) is 1. The Morgan fingerprint density at radius 1 is 1.26 bits per heavy atom. The van der Waals surface area contributed by atoms with E-state index in [2.05, 4.69) is 35.1 Å². The van der Waals surface area contributed by atoms with E-state index in [9.17, 15) is 9.90 Å². The van der Waals surface area contributed by atoms with Gasteiger partial charge in [0.05, 0.1) is 0 Å². The first-order valence-corrected chi connectivity index (χ1v) is 12.3. The second kappa shape index (κ2) is 7.73.